The second kappa shape index (κ2) is 5.12. The van der Waals surface area contributed by atoms with Gasteiger partial charge in [0.15, 0.2) is 0 Å². The number of ether oxygens (including phenoxy) is 1. The largest absolute Gasteiger partial charge is 0.422 e. The molecular weight excluding hydrogens is 311 g/mol. The first-order chi connectivity index (χ1) is 10.8. The Bertz CT molecular complexity index is 894. The van der Waals surface area contributed by atoms with Crippen LogP contribution in [0.1, 0.15) is 32.7 Å². The van der Waals surface area contributed by atoms with Gasteiger partial charge in [0.05, 0.1) is 5.56 Å². The molecular formula is C16H10F3NO3. The fourth-order valence-electron chi connectivity index (χ4n) is 2.42. The van der Waals surface area contributed by atoms with E-state index < -0.39 is 23.3 Å². The van der Waals surface area contributed by atoms with Gasteiger partial charge in [-0.1, -0.05) is 18.2 Å². The zero-order valence-electron chi connectivity index (χ0n) is 11.8. The van der Waals surface area contributed by atoms with E-state index >= 15 is 0 Å². The average Bonchev–Trinajstić information content (AvgIpc) is 2.74. The average molecular weight is 321 g/mol. The molecule has 0 amide bonds. The molecule has 0 atom stereocenters. The summed E-state index contributed by atoms with van der Waals surface area (Å²) < 4.78 is 44.1. The van der Waals surface area contributed by atoms with Gasteiger partial charge in [-0.2, -0.15) is 13.2 Å². The van der Waals surface area contributed by atoms with Crippen LogP contribution in [0.2, 0.25) is 0 Å². The first-order valence-electron chi connectivity index (χ1n) is 6.62. The summed E-state index contributed by atoms with van der Waals surface area (Å²) in [6.07, 6.45) is -3.42. The lowest BCUT2D eigenvalue weighted by molar-refractivity contribution is -0.137. The van der Waals surface area contributed by atoms with Crippen LogP contribution in [-0.4, -0.2) is 11.0 Å². The van der Waals surface area contributed by atoms with E-state index in [2.05, 4.69) is 4.98 Å². The number of rotatable bonds is 1. The maximum atomic E-state index is 13.0. The molecule has 1 aromatic carbocycles. The van der Waals surface area contributed by atoms with Gasteiger partial charge in [-0.25, -0.2) is 4.79 Å². The van der Waals surface area contributed by atoms with E-state index in [0.717, 1.165) is 12.1 Å². The second-order valence-electron chi connectivity index (χ2n) is 5.05. The van der Waals surface area contributed by atoms with Crippen molar-refractivity contribution in [1.82, 2.24) is 4.98 Å². The van der Waals surface area contributed by atoms with Gasteiger partial charge in [-0.05, 0) is 30.7 Å². The second-order valence-corrected chi connectivity index (χ2v) is 5.05. The molecule has 0 fully saturated rings. The smallest absolute Gasteiger partial charge is 0.416 e. The Labute approximate surface area is 128 Å². The van der Waals surface area contributed by atoms with Crippen molar-refractivity contribution in [3.63, 3.8) is 0 Å². The highest BCUT2D eigenvalue weighted by Crippen LogP contribution is 2.35. The van der Waals surface area contributed by atoms with Crippen LogP contribution in [0.15, 0.2) is 35.1 Å². The molecule has 23 heavy (non-hydrogen) atoms. The van der Waals surface area contributed by atoms with Crippen LogP contribution in [0.5, 0.6) is 0 Å². The summed E-state index contributed by atoms with van der Waals surface area (Å²) in [5.74, 6) is -0.951. The molecule has 0 bridgehead atoms. The van der Waals surface area contributed by atoms with E-state index in [1.165, 1.54) is 24.3 Å². The summed E-state index contributed by atoms with van der Waals surface area (Å²) in [5.41, 5.74) is -1.16. The van der Waals surface area contributed by atoms with Crippen LogP contribution in [0.4, 0.5) is 13.2 Å². The monoisotopic (exact) mass is 321 g/mol. The third-order valence-electron chi connectivity index (χ3n) is 3.39. The number of hydrogen-bond donors (Lipinski definition) is 1. The number of halogens is 3. The topological polar surface area (TPSA) is 59.2 Å². The van der Waals surface area contributed by atoms with E-state index in [-0.39, 0.29) is 22.4 Å². The Morgan fingerprint density at radius 2 is 1.87 bits per heavy atom. The van der Waals surface area contributed by atoms with Gasteiger partial charge in [0.25, 0.3) is 5.56 Å². The lowest BCUT2D eigenvalue weighted by atomic mass is 10.0. The van der Waals surface area contributed by atoms with E-state index in [1.54, 1.807) is 6.92 Å². The van der Waals surface area contributed by atoms with Gasteiger partial charge < -0.3 is 9.72 Å². The number of H-pyrrole nitrogens is 1. The molecule has 0 unspecified atom stereocenters. The molecule has 1 N–H and O–H groups in total. The number of aryl methyl sites for hydroxylation is 1. The first kappa shape index (κ1) is 15.1. The molecule has 0 spiro atoms. The number of alkyl halides is 3. The predicted octanol–water partition coefficient (Wildman–Crippen LogP) is 3.37. The standard InChI is InChI=1S/C16H10F3NO3/c1-8-6-10-12(23-15(22)13(10)14(21)20-8)7-9-4-2-3-5-11(9)16(17,18)19/h2-7H,1H3,(H,20,21)/b12-7-. The number of cyclic esters (lactones) is 1. The maximum absolute atomic E-state index is 13.0. The van der Waals surface area contributed by atoms with Gasteiger partial charge in [0, 0.05) is 11.3 Å². The van der Waals surface area contributed by atoms with E-state index in [9.17, 15) is 22.8 Å². The Morgan fingerprint density at radius 1 is 1.17 bits per heavy atom. The van der Waals surface area contributed by atoms with Gasteiger partial charge in [-0.15, -0.1) is 0 Å². The minimum Gasteiger partial charge on any atom is -0.422 e. The molecule has 2 aromatic rings. The molecule has 0 saturated carbocycles. The van der Waals surface area contributed by atoms with Crippen molar-refractivity contribution in [2.75, 3.05) is 0 Å². The maximum Gasteiger partial charge on any atom is 0.416 e. The summed E-state index contributed by atoms with van der Waals surface area (Å²) >= 11 is 0. The molecule has 7 heteroatoms. The molecule has 1 aliphatic rings. The Kier molecular flexibility index (Phi) is 3.35. The van der Waals surface area contributed by atoms with Crippen molar-refractivity contribution in [2.24, 2.45) is 0 Å². The number of nitrogens with one attached hydrogen (secondary N) is 1. The Morgan fingerprint density at radius 3 is 2.57 bits per heavy atom. The zero-order chi connectivity index (χ0) is 16.8. The fourth-order valence-corrected chi connectivity index (χ4v) is 2.42. The van der Waals surface area contributed by atoms with Crippen LogP contribution in [0.25, 0.3) is 11.8 Å². The SMILES string of the molecule is Cc1cc2c(c(=O)[nH]1)C(=O)O/C2=C\c1ccccc1C(F)(F)F. The van der Waals surface area contributed by atoms with Crippen molar-refractivity contribution in [2.45, 2.75) is 13.1 Å². The number of aromatic nitrogens is 1. The lowest BCUT2D eigenvalue weighted by Crippen LogP contribution is -2.16. The number of esters is 1. The number of carbonyl (C=O) groups excluding carboxylic acids is 1. The van der Waals surface area contributed by atoms with Crippen LogP contribution >= 0.6 is 0 Å². The molecule has 1 aliphatic heterocycles. The summed E-state index contributed by atoms with van der Waals surface area (Å²) in [5, 5.41) is 0. The van der Waals surface area contributed by atoms with Crippen LogP contribution in [0, 0.1) is 6.92 Å². The molecule has 1 aromatic heterocycles. The Hall–Kier alpha value is -2.83. The van der Waals surface area contributed by atoms with Crippen molar-refractivity contribution in [3.05, 3.63) is 68.6 Å². The summed E-state index contributed by atoms with van der Waals surface area (Å²) in [6.45, 7) is 1.60. The molecule has 2 heterocycles. The first-order valence-corrected chi connectivity index (χ1v) is 6.62. The summed E-state index contributed by atoms with van der Waals surface area (Å²) in [7, 11) is 0. The quantitative estimate of drug-likeness (QED) is 0.819. The summed E-state index contributed by atoms with van der Waals surface area (Å²) in [6, 6.07) is 6.41. The molecule has 118 valence electrons. The Balaban J connectivity index is 2.19. The van der Waals surface area contributed by atoms with Crippen molar-refractivity contribution >= 4 is 17.8 Å². The number of fused-ring (bicyclic) bond motifs is 1. The van der Waals surface area contributed by atoms with Crippen LogP contribution < -0.4 is 5.56 Å². The van der Waals surface area contributed by atoms with E-state index in [1.807, 2.05) is 0 Å². The third kappa shape index (κ3) is 2.65. The van der Waals surface area contributed by atoms with E-state index in [4.69, 9.17) is 4.74 Å². The minimum atomic E-state index is -4.54. The molecule has 3 rings (SSSR count). The molecule has 0 radical (unpaired) electrons. The van der Waals surface area contributed by atoms with Gasteiger partial charge >= 0.3 is 12.1 Å². The highest BCUT2D eigenvalue weighted by atomic mass is 19.4. The number of carbonyl (C=O) groups is 1. The number of hydrogen-bond acceptors (Lipinski definition) is 3. The molecule has 0 aliphatic carbocycles. The van der Waals surface area contributed by atoms with Crippen molar-refractivity contribution in [1.29, 1.82) is 0 Å². The highest BCUT2D eigenvalue weighted by Gasteiger charge is 2.34. The third-order valence-corrected chi connectivity index (χ3v) is 3.39. The molecule has 4 nitrogen and oxygen atoms in total. The molecule has 0 saturated heterocycles. The normalized spacial score (nSPS) is 15.7. The van der Waals surface area contributed by atoms with Gasteiger partial charge in [0.2, 0.25) is 0 Å². The fraction of sp³-hybridized carbons (Fsp3) is 0.125. The minimum absolute atomic E-state index is 0.0732. The van der Waals surface area contributed by atoms with Crippen LogP contribution in [-0.2, 0) is 10.9 Å². The van der Waals surface area contributed by atoms with Crippen LogP contribution in [0.3, 0.4) is 0 Å². The van der Waals surface area contributed by atoms with E-state index in [0.29, 0.717) is 5.69 Å². The zero-order valence-corrected chi connectivity index (χ0v) is 11.8. The van der Waals surface area contributed by atoms with Gasteiger partial charge in [0.1, 0.15) is 11.3 Å². The highest BCUT2D eigenvalue weighted by molar-refractivity contribution is 6.05. The number of benzene rings is 1. The van der Waals surface area contributed by atoms with Crippen molar-refractivity contribution in [3.8, 4) is 0 Å². The number of aromatic amines is 1. The number of pyridine rings is 1. The van der Waals surface area contributed by atoms with Crippen molar-refractivity contribution < 1.29 is 22.7 Å². The lowest BCUT2D eigenvalue weighted by Gasteiger charge is -2.10. The predicted molar refractivity (Wildman–Crippen MR) is 76.5 cm³/mol. The van der Waals surface area contributed by atoms with Gasteiger partial charge in [-0.3, -0.25) is 4.79 Å². The summed E-state index contributed by atoms with van der Waals surface area (Å²) in [4.78, 5) is 26.0.